The molecule has 3 N–H and O–H groups in total. The number of β-amino-alcohol motifs (C(OH)–C–C–N with tert-alkyl or cyclic N) is 1. The molecule has 1 saturated heterocycles. The maximum Gasteiger partial charge on any atom is 0.329 e. The van der Waals surface area contributed by atoms with E-state index in [1.54, 1.807) is 0 Å². The fraction of sp³-hybridized carbons (Fsp3) is 0.846. The van der Waals surface area contributed by atoms with Crippen molar-refractivity contribution < 1.29 is 19.8 Å². The standard InChI is InChI=1S/C13H24N2O4/c1-4-6-13(3,11(17)18)14-12(19)15-7-5-9(2)10(16)8-15/h9-10,16H,4-8H2,1-3H3,(H,14,19)(H,17,18). The Hall–Kier alpha value is -1.30. The predicted molar refractivity (Wildman–Crippen MR) is 70.8 cm³/mol. The first-order valence-electron chi connectivity index (χ1n) is 6.78. The number of aliphatic carboxylic acids is 1. The van der Waals surface area contributed by atoms with Gasteiger partial charge in [-0.25, -0.2) is 9.59 Å². The quantitative estimate of drug-likeness (QED) is 0.713. The zero-order chi connectivity index (χ0) is 14.6. The number of carboxylic acids is 1. The van der Waals surface area contributed by atoms with Crippen molar-refractivity contribution in [3.8, 4) is 0 Å². The lowest BCUT2D eigenvalue weighted by Gasteiger charge is -2.36. The molecule has 6 nitrogen and oxygen atoms in total. The SMILES string of the molecule is CCCC(C)(NC(=O)N1CCC(C)C(O)C1)C(=O)O. The zero-order valence-corrected chi connectivity index (χ0v) is 11.8. The van der Waals surface area contributed by atoms with Crippen LogP contribution in [-0.4, -0.2) is 51.8 Å². The van der Waals surface area contributed by atoms with Gasteiger partial charge in [0.15, 0.2) is 0 Å². The zero-order valence-electron chi connectivity index (χ0n) is 11.8. The van der Waals surface area contributed by atoms with Gasteiger partial charge < -0.3 is 20.4 Å². The lowest BCUT2D eigenvalue weighted by Crippen LogP contribution is -2.58. The minimum atomic E-state index is -1.25. The summed E-state index contributed by atoms with van der Waals surface area (Å²) >= 11 is 0. The van der Waals surface area contributed by atoms with E-state index in [-0.39, 0.29) is 12.5 Å². The van der Waals surface area contributed by atoms with Crippen LogP contribution in [0, 0.1) is 5.92 Å². The van der Waals surface area contributed by atoms with Crippen LogP contribution in [0.3, 0.4) is 0 Å². The number of likely N-dealkylation sites (tertiary alicyclic amines) is 1. The molecule has 0 radical (unpaired) electrons. The Labute approximate surface area is 113 Å². The summed E-state index contributed by atoms with van der Waals surface area (Å²) < 4.78 is 0. The molecule has 3 atom stereocenters. The number of carboxylic acid groups (broad SMARTS) is 1. The minimum absolute atomic E-state index is 0.172. The van der Waals surface area contributed by atoms with Crippen LogP contribution in [0.2, 0.25) is 0 Å². The third kappa shape index (κ3) is 3.83. The van der Waals surface area contributed by atoms with E-state index in [0.717, 1.165) is 6.42 Å². The number of nitrogens with one attached hydrogen (secondary N) is 1. The van der Waals surface area contributed by atoms with Gasteiger partial charge in [-0.15, -0.1) is 0 Å². The topological polar surface area (TPSA) is 89.9 Å². The van der Waals surface area contributed by atoms with Crippen molar-refractivity contribution in [2.45, 2.75) is 51.7 Å². The largest absolute Gasteiger partial charge is 0.480 e. The van der Waals surface area contributed by atoms with Crippen LogP contribution in [0.15, 0.2) is 0 Å². The number of urea groups is 1. The molecule has 1 rings (SSSR count). The molecule has 0 aromatic heterocycles. The summed E-state index contributed by atoms with van der Waals surface area (Å²) in [5, 5.41) is 21.6. The molecule has 0 spiro atoms. The molecular weight excluding hydrogens is 248 g/mol. The third-order valence-corrected chi connectivity index (χ3v) is 3.81. The van der Waals surface area contributed by atoms with E-state index >= 15 is 0 Å². The molecule has 1 aliphatic rings. The predicted octanol–water partition coefficient (Wildman–Crippen LogP) is 1.04. The second kappa shape index (κ2) is 6.23. The summed E-state index contributed by atoms with van der Waals surface area (Å²) in [6.07, 6.45) is 1.23. The Kier molecular flexibility index (Phi) is 5.17. The Morgan fingerprint density at radius 1 is 1.47 bits per heavy atom. The molecule has 0 aromatic rings. The normalized spacial score (nSPS) is 26.6. The number of carbonyl (C=O) groups is 2. The molecular formula is C13H24N2O4. The van der Waals surface area contributed by atoms with Crippen molar-refractivity contribution in [3.63, 3.8) is 0 Å². The van der Waals surface area contributed by atoms with Crippen molar-refractivity contribution in [2.75, 3.05) is 13.1 Å². The summed E-state index contributed by atoms with van der Waals surface area (Å²) in [6.45, 7) is 6.14. The van der Waals surface area contributed by atoms with Gasteiger partial charge in [-0.05, 0) is 25.7 Å². The van der Waals surface area contributed by atoms with Gasteiger partial charge in [0.1, 0.15) is 5.54 Å². The highest BCUT2D eigenvalue weighted by atomic mass is 16.4. The number of nitrogens with zero attached hydrogens (tertiary/aromatic N) is 1. The number of hydrogen-bond donors (Lipinski definition) is 3. The van der Waals surface area contributed by atoms with Crippen molar-refractivity contribution in [3.05, 3.63) is 0 Å². The van der Waals surface area contributed by atoms with Gasteiger partial charge >= 0.3 is 12.0 Å². The van der Waals surface area contributed by atoms with Gasteiger partial charge in [-0.3, -0.25) is 0 Å². The van der Waals surface area contributed by atoms with Crippen molar-refractivity contribution in [1.29, 1.82) is 0 Å². The fourth-order valence-corrected chi connectivity index (χ4v) is 2.27. The summed E-state index contributed by atoms with van der Waals surface area (Å²) in [5.41, 5.74) is -1.25. The number of rotatable bonds is 4. The van der Waals surface area contributed by atoms with E-state index in [2.05, 4.69) is 5.32 Å². The van der Waals surface area contributed by atoms with Crippen LogP contribution in [0.1, 0.15) is 40.0 Å². The van der Waals surface area contributed by atoms with E-state index in [9.17, 15) is 19.8 Å². The van der Waals surface area contributed by atoms with Crippen LogP contribution in [-0.2, 0) is 4.79 Å². The van der Waals surface area contributed by atoms with Crippen LogP contribution in [0.5, 0.6) is 0 Å². The summed E-state index contributed by atoms with van der Waals surface area (Å²) in [7, 11) is 0. The van der Waals surface area contributed by atoms with Gasteiger partial charge in [-0.2, -0.15) is 0 Å². The Morgan fingerprint density at radius 3 is 2.58 bits per heavy atom. The lowest BCUT2D eigenvalue weighted by molar-refractivity contribution is -0.144. The second-order valence-electron chi connectivity index (χ2n) is 5.60. The molecule has 6 heteroatoms. The first-order valence-corrected chi connectivity index (χ1v) is 6.78. The van der Waals surface area contributed by atoms with E-state index in [1.807, 2.05) is 13.8 Å². The average molecular weight is 272 g/mol. The maximum atomic E-state index is 12.1. The smallest absolute Gasteiger partial charge is 0.329 e. The average Bonchev–Trinajstić information content (AvgIpc) is 2.32. The first-order chi connectivity index (χ1) is 8.80. The molecule has 3 unspecified atom stereocenters. The maximum absolute atomic E-state index is 12.1. The molecule has 1 heterocycles. The molecule has 0 aromatic carbocycles. The summed E-state index contributed by atoms with van der Waals surface area (Å²) in [5.74, 6) is -0.862. The Morgan fingerprint density at radius 2 is 2.11 bits per heavy atom. The molecule has 110 valence electrons. The molecule has 0 aliphatic carbocycles. The molecule has 19 heavy (non-hydrogen) atoms. The monoisotopic (exact) mass is 272 g/mol. The molecule has 0 saturated carbocycles. The van der Waals surface area contributed by atoms with Crippen molar-refractivity contribution >= 4 is 12.0 Å². The fourth-order valence-electron chi connectivity index (χ4n) is 2.27. The number of hydrogen-bond acceptors (Lipinski definition) is 3. The Balaban J connectivity index is 2.65. The lowest BCUT2D eigenvalue weighted by atomic mass is 9.95. The first kappa shape index (κ1) is 15.8. The second-order valence-corrected chi connectivity index (χ2v) is 5.60. The molecule has 0 bridgehead atoms. The minimum Gasteiger partial charge on any atom is -0.480 e. The highest BCUT2D eigenvalue weighted by Crippen LogP contribution is 2.19. The van der Waals surface area contributed by atoms with Crippen LogP contribution < -0.4 is 5.32 Å². The molecule has 1 fully saturated rings. The van der Waals surface area contributed by atoms with Crippen molar-refractivity contribution in [1.82, 2.24) is 10.2 Å². The third-order valence-electron chi connectivity index (χ3n) is 3.81. The Bertz CT molecular complexity index is 348. The van der Waals surface area contributed by atoms with Gasteiger partial charge in [-0.1, -0.05) is 20.3 Å². The van der Waals surface area contributed by atoms with E-state index < -0.39 is 23.6 Å². The number of aliphatic hydroxyl groups is 1. The van der Waals surface area contributed by atoms with Crippen molar-refractivity contribution in [2.24, 2.45) is 5.92 Å². The van der Waals surface area contributed by atoms with E-state index in [0.29, 0.717) is 19.4 Å². The highest BCUT2D eigenvalue weighted by molar-refractivity contribution is 5.85. The summed E-state index contributed by atoms with van der Waals surface area (Å²) in [6, 6.07) is -0.413. The van der Waals surface area contributed by atoms with Crippen LogP contribution in [0.25, 0.3) is 0 Å². The van der Waals surface area contributed by atoms with Crippen LogP contribution in [0.4, 0.5) is 4.79 Å². The van der Waals surface area contributed by atoms with Gasteiger partial charge in [0, 0.05) is 13.1 Å². The molecule has 2 amide bonds. The number of piperidine rings is 1. The van der Waals surface area contributed by atoms with Gasteiger partial charge in [0.2, 0.25) is 0 Å². The van der Waals surface area contributed by atoms with Gasteiger partial charge in [0.05, 0.1) is 6.10 Å². The number of carbonyl (C=O) groups excluding carboxylic acids is 1. The summed E-state index contributed by atoms with van der Waals surface area (Å²) in [4.78, 5) is 24.8. The number of amides is 2. The van der Waals surface area contributed by atoms with E-state index in [1.165, 1.54) is 11.8 Å². The number of aliphatic hydroxyl groups excluding tert-OH is 1. The van der Waals surface area contributed by atoms with Crippen LogP contribution >= 0.6 is 0 Å². The highest BCUT2D eigenvalue weighted by Gasteiger charge is 2.36. The van der Waals surface area contributed by atoms with E-state index in [4.69, 9.17) is 0 Å². The van der Waals surface area contributed by atoms with Gasteiger partial charge in [0.25, 0.3) is 0 Å². The molecule has 1 aliphatic heterocycles.